The van der Waals surface area contributed by atoms with E-state index in [4.69, 9.17) is 4.42 Å². The highest BCUT2D eigenvalue weighted by atomic mass is 32.2. The van der Waals surface area contributed by atoms with E-state index in [0.717, 1.165) is 24.3 Å². The highest BCUT2D eigenvalue weighted by Gasteiger charge is 2.21. The van der Waals surface area contributed by atoms with Crippen molar-refractivity contribution in [2.75, 3.05) is 5.75 Å². The number of rotatable bonds is 6. The summed E-state index contributed by atoms with van der Waals surface area (Å²) in [6.45, 7) is 0.539. The third-order valence-electron chi connectivity index (χ3n) is 4.04. The second kappa shape index (κ2) is 8.15. The van der Waals surface area contributed by atoms with E-state index < -0.39 is 0 Å². The van der Waals surface area contributed by atoms with E-state index in [1.54, 1.807) is 0 Å². The van der Waals surface area contributed by atoms with Crippen molar-refractivity contribution in [3.8, 4) is 0 Å². The molecule has 0 radical (unpaired) electrons. The van der Waals surface area contributed by atoms with E-state index in [1.807, 2.05) is 30.3 Å². The molecule has 3 rings (SSSR count). The molecule has 1 aromatic carbocycles. The zero-order valence-electron chi connectivity index (χ0n) is 13.0. The average molecular weight is 331 g/mol. The molecule has 1 aliphatic carbocycles. The molecule has 1 amide bonds. The molecule has 2 aromatic rings. The minimum Gasteiger partial charge on any atom is -0.416 e. The average Bonchev–Trinajstić information content (AvgIpc) is 3.09. The fourth-order valence-corrected chi connectivity index (χ4v) is 3.37. The molecule has 0 aliphatic heterocycles. The van der Waals surface area contributed by atoms with Gasteiger partial charge in [-0.25, -0.2) is 0 Å². The first-order valence-electron chi connectivity index (χ1n) is 8.08. The SMILES string of the molecule is O=C(CSc1nnc(C2CCCCC2)o1)NCc1ccccc1. The number of amides is 1. The number of hydrogen-bond donors (Lipinski definition) is 1. The molecule has 122 valence electrons. The zero-order chi connectivity index (χ0) is 15.9. The smallest absolute Gasteiger partial charge is 0.277 e. The molecular weight excluding hydrogens is 310 g/mol. The van der Waals surface area contributed by atoms with Crippen LogP contribution in [0.15, 0.2) is 40.0 Å². The van der Waals surface area contributed by atoms with Gasteiger partial charge in [0.15, 0.2) is 0 Å². The van der Waals surface area contributed by atoms with Crippen LogP contribution in [0, 0.1) is 0 Å². The maximum atomic E-state index is 11.9. The Labute approximate surface area is 140 Å². The summed E-state index contributed by atoms with van der Waals surface area (Å²) in [5, 5.41) is 11.6. The summed E-state index contributed by atoms with van der Waals surface area (Å²) in [5.41, 5.74) is 1.09. The molecular formula is C17H21N3O2S. The van der Waals surface area contributed by atoms with Crippen LogP contribution in [-0.2, 0) is 11.3 Å². The molecule has 23 heavy (non-hydrogen) atoms. The number of thioether (sulfide) groups is 1. The lowest BCUT2D eigenvalue weighted by molar-refractivity contribution is -0.118. The van der Waals surface area contributed by atoms with Crippen molar-refractivity contribution >= 4 is 17.7 Å². The van der Waals surface area contributed by atoms with Gasteiger partial charge in [-0.05, 0) is 18.4 Å². The second-order valence-corrected chi connectivity index (χ2v) is 6.72. The zero-order valence-corrected chi connectivity index (χ0v) is 13.8. The largest absolute Gasteiger partial charge is 0.416 e. The number of hydrogen-bond acceptors (Lipinski definition) is 5. The molecule has 1 aliphatic rings. The molecule has 1 fully saturated rings. The van der Waals surface area contributed by atoms with E-state index >= 15 is 0 Å². The standard InChI is InChI=1S/C17H21N3O2S/c21-15(18-11-13-7-3-1-4-8-13)12-23-17-20-19-16(22-17)14-9-5-2-6-10-14/h1,3-4,7-8,14H,2,5-6,9-12H2,(H,18,21). The number of carbonyl (C=O) groups excluding carboxylic acids is 1. The Morgan fingerprint density at radius 2 is 1.96 bits per heavy atom. The first-order valence-corrected chi connectivity index (χ1v) is 9.06. The van der Waals surface area contributed by atoms with Crippen LogP contribution in [0.4, 0.5) is 0 Å². The number of aromatic nitrogens is 2. The molecule has 0 atom stereocenters. The van der Waals surface area contributed by atoms with Crippen molar-refractivity contribution in [2.45, 2.75) is 49.8 Å². The third kappa shape index (κ3) is 4.82. The van der Waals surface area contributed by atoms with E-state index in [1.165, 1.54) is 31.0 Å². The lowest BCUT2D eigenvalue weighted by Crippen LogP contribution is -2.24. The minimum absolute atomic E-state index is 0.0312. The topological polar surface area (TPSA) is 68.0 Å². The number of carbonyl (C=O) groups is 1. The first kappa shape index (κ1) is 16.1. The fourth-order valence-electron chi connectivity index (χ4n) is 2.77. The third-order valence-corrected chi connectivity index (χ3v) is 4.85. The summed E-state index contributed by atoms with van der Waals surface area (Å²) < 4.78 is 5.70. The molecule has 0 unspecified atom stereocenters. The molecule has 5 nitrogen and oxygen atoms in total. The summed E-state index contributed by atoms with van der Waals surface area (Å²) in [6.07, 6.45) is 6.02. The van der Waals surface area contributed by atoms with E-state index in [-0.39, 0.29) is 5.91 Å². The summed E-state index contributed by atoms with van der Waals surface area (Å²) in [7, 11) is 0. The Morgan fingerprint density at radius 3 is 2.74 bits per heavy atom. The molecule has 1 saturated carbocycles. The van der Waals surface area contributed by atoms with Crippen LogP contribution in [0.25, 0.3) is 0 Å². The van der Waals surface area contributed by atoms with Gasteiger partial charge in [-0.3, -0.25) is 4.79 Å². The maximum Gasteiger partial charge on any atom is 0.277 e. The van der Waals surface area contributed by atoms with Crippen LogP contribution >= 0.6 is 11.8 Å². The van der Waals surface area contributed by atoms with Gasteiger partial charge in [0.05, 0.1) is 5.75 Å². The molecule has 0 bridgehead atoms. The van der Waals surface area contributed by atoms with Crippen molar-refractivity contribution < 1.29 is 9.21 Å². The number of nitrogens with one attached hydrogen (secondary N) is 1. The molecule has 0 spiro atoms. The molecule has 0 saturated heterocycles. The van der Waals surface area contributed by atoms with Crippen LogP contribution < -0.4 is 5.32 Å². The van der Waals surface area contributed by atoms with Crippen molar-refractivity contribution in [3.05, 3.63) is 41.8 Å². The molecule has 1 heterocycles. The van der Waals surface area contributed by atoms with Crippen LogP contribution in [0.2, 0.25) is 0 Å². The van der Waals surface area contributed by atoms with Gasteiger partial charge in [0, 0.05) is 12.5 Å². The van der Waals surface area contributed by atoms with Crippen LogP contribution in [0.3, 0.4) is 0 Å². The van der Waals surface area contributed by atoms with Crippen molar-refractivity contribution in [3.63, 3.8) is 0 Å². The normalized spacial score (nSPS) is 15.5. The predicted octanol–water partition coefficient (Wildman–Crippen LogP) is 3.53. The monoisotopic (exact) mass is 331 g/mol. The van der Waals surface area contributed by atoms with Gasteiger partial charge in [-0.15, -0.1) is 10.2 Å². The quantitative estimate of drug-likeness (QED) is 0.820. The van der Waals surface area contributed by atoms with Crippen molar-refractivity contribution in [2.24, 2.45) is 0 Å². The summed E-state index contributed by atoms with van der Waals surface area (Å²) >= 11 is 1.30. The highest BCUT2D eigenvalue weighted by molar-refractivity contribution is 7.99. The Morgan fingerprint density at radius 1 is 1.17 bits per heavy atom. The van der Waals surface area contributed by atoms with Gasteiger partial charge >= 0.3 is 0 Å². The van der Waals surface area contributed by atoms with E-state index in [9.17, 15) is 4.79 Å². The Hall–Kier alpha value is -1.82. The van der Waals surface area contributed by atoms with Crippen LogP contribution in [-0.4, -0.2) is 21.9 Å². The van der Waals surface area contributed by atoms with Gasteiger partial charge in [0.25, 0.3) is 5.22 Å². The Kier molecular flexibility index (Phi) is 5.69. The first-order chi connectivity index (χ1) is 11.3. The molecule has 1 N–H and O–H groups in total. The van der Waals surface area contributed by atoms with Crippen molar-refractivity contribution in [1.29, 1.82) is 0 Å². The lowest BCUT2D eigenvalue weighted by atomic mass is 9.89. The van der Waals surface area contributed by atoms with Crippen LogP contribution in [0.5, 0.6) is 0 Å². The molecule has 1 aromatic heterocycles. The van der Waals surface area contributed by atoms with E-state index in [2.05, 4.69) is 15.5 Å². The second-order valence-electron chi connectivity index (χ2n) is 5.79. The van der Waals surface area contributed by atoms with Gasteiger partial charge < -0.3 is 9.73 Å². The van der Waals surface area contributed by atoms with Gasteiger partial charge in [-0.1, -0.05) is 61.4 Å². The Bertz CT molecular complexity index is 624. The maximum absolute atomic E-state index is 11.9. The lowest BCUT2D eigenvalue weighted by Gasteiger charge is -2.17. The molecule has 6 heteroatoms. The highest BCUT2D eigenvalue weighted by Crippen LogP contribution is 2.32. The Balaban J connectivity index is 1.43. The van der Waals surface area contributed by atoms with Gasteiger partial charge in [-0.2, -0.15) is 0 Å². The van der Waals surface area contributed by atoms with Gasteiger partial charge in [0.2, 0.25) is 11.8 Å². The minimum atomic E-state index is -0.0312. The number of benzene rings is 1. The van der Waals surface area contributed by atoms with E-state index in [0.29, 0.717) is 23.4 Å². The fraction of sp³-hybridized carbons (Fsp3) is 0.471. The summed E-state index contributed by atoms with van der Waals surface area (Å²) in [6, 6.07) is 9.85. The summed E-state index contributed by atoms with van der Waals surface area (Å²) in [5.74, 6) is 1.39. The van der Waals surface area contributed by atoms with Crippen molar-refractivity contribution in [1.82, 2.24) is 15.5 Å². The van der Waals surface area contributed by atoms with Crippen LogP contribution in [0.1, 0.15) is 49.5 Å². The number of nitrogens with zero attached hydrogens (tertiary/aromatic N) is 2. The predicted molar refractivity (Wildman–Crippen MR) is 89.1 cm³/mol. The van der Waals surface area contributed by atoms with Gasteiger partial charge in [0.1, 0.15) is 0 Å². The summed E-state index contributed by atoms with van der Waals surface area (Å²) in [4.78, 5) is 11.9.